The number of benzene rings is 1. The van der Waals surface area contributed by atoms with E-state index in [0.717, 1.165) is 35.7 Å². The number of alkyl halides is 4. The SMILES string of the molecule is CC.CC(Nc1cc(=O)n(C2(C(F)F)CC2)cc1C(=O)NCc1cccc(C(F)F)c1F)C1(CO)CC1. The molecule has 1 aromatic heterocycles. The highest BCUT2D eigenvalue weighted by Gasteiger charge is 2.54. The van der Waals surface area contributed by atoms with Crippen LogP contribution in [0, 0.1) is 11.2 Å². The Kier molecular flexibility index (Phi) is 8.66. The number of aliphatic hydroxyl groups is 1. The highest BCUT2D eigenvalue weighted by Crippen LogP contribution is 2.50. The van der Waals surface area contributed by atoms with E-state index < -0.39 is 53.2 Å². The molecule has 2 saturated carbocycles. The number of anilines is 1. The molecule has 2 aliphatic carbocycles. The van der Waals surface area contributed by atoms with Crippen LogP contribution in [-0.4, -0.2) is 34.7 Å². The van der Waals surface area contributed by atoms with Gasteiger partial charge < -0.3 is 20.3 Å². The van der Waals surface area contributed by atoms with Gasteiger partial charge >= 0.3 is 0 Å². The Morgan fingerprint density at radius 1 is 1.14 bits per heavy atom. The Balaban J connectivity index is 0.00000186. The van der Waals surface area contributed by atoms with Crippen LogP contribution in [0.15, 0.2) is 35.3 Å². The van der Waals surface area contributed by atoms with E-state index in [-0.39, 0.29) is 42.3 Å². The van der Waals surface area contributed by atoms with Crippen molar-refractivity contribution in [3.63, 3.8) is 0 Å². The summed E-state index contributed by atoms with van der Waals surface area (Å²) in [5.74, 6) is -1.94. The zero-order valence-electron chi connectivity index (χ0n) is 21.0. The number of aromatic nitrogens is 1. The summed E-state index contributed by atoms with van der Waals surface area (Å²) in [5.41, 5.74) is -3.81. The Morgan fingerprint density at radius 2 is 1.78 bits per heavy atom. The Hall–Kier alpha value is -2.95. The minimum absolute atomic E-state index is 0.0774. The van der Waals surface area contributed by atoms with E-state index in [1.807, 2.05) is 13.8 Å². The van der Waals surface area contributed by atoms with Crippen molar-refractivity contribution in [3.05, 3.63) is 63.3 Å². The molecule has 0 aliphatic heterocycles. The van der Waals surface area contributed by atoms with Gasteiger partial charge in [-0.3, -0.25) is 9.59 Å². The average molecular weight is 530 g/mol. The van der Waals surface area contributed by atoms with Gasteiger partial charge in [0.05, 0.1) is 23.4 Å². The van der Waals surface area contributed by atoms with E-state index in [4.69, 9.17) is 0 Å². The average Bonchev–Trinajstić information content (AvgIpc) is 3.79. The number of carbonyl (C=O) groups excluding carboxylic acids is 1. The maximum absolute atomic E-state index is 14.4. The van der Waals surface area contributed by atoms with Crippen molar-refractivity contribution in [3.8, 4) is 0 Å². The summed E-state index contributed by atoms with van der Waals surface area (Å²) < 4.78 is 68.6. The van der Waals surface area contributed by atoms with E-state index in [9.17, 15) is 36.6 Å². The third-order valence-electron chi connectivity index (χ3n) is 7.23. The summed E-state index contributed by atoms with van der Waals surface area (Å²) in [6.07, 6.45) is -3.14. The molecule has 6 nitrogen and oxygen atoms in total. The fourth-order valence-electron chi connectivity index (χ4n) is 4.32. The van der Waals surface area contributed by atoms with E-state index in [1.54, 1.807) is 6.92 Å². The topological polar surface area (TPSA) is 83.4 Å². The van der Waals surface area contributed by atoms with Crippen LogP contribution in [-0.2, 0) is 12.1 Å². The smallest absolute Gasteiger partial charge is 0.266 e. The first-order valence-electron chi connectivity index (χ1n) is 12.3. The van der Waals surface area contributed by atoms with Crippen molar-refractivity contribution in [2.75, 3.05) is 11.9 Å². The molecular weight excluding hydrogens is 497 g/mol. The molecule has 2 aliphatic rings. The first-order chi connectivity index (χ1) is 17.5. The lowest BCUT2D eigenvalue weighted by atomic mass is 9.98. The molecule has 37 heavy (non-hydrogen) atoms. The molecule has 0 bridgehead atoms. The molecule has 1 atom stereocenters. The molecule has 1 unspecified atom stereocenters. The molecular formula is C26H32F5N3O3. The van der Waals surface area contributed by atoms with Gasteiger partial charge in [0.15, 0.2) is 0 Å². The Bertz CT molecular complexity index is 1180. The number of pyridine rings is 1. The first kappa shape index (κ1) is 28.6. The second kappa shape index (κ2) is 11.2. The van der Waals surface area contributed by atoms with Crippen molar-refractivity contribution in [1.82, 2.24) is 9.88 Å². The lowest BCUT2D eigenvalue weighted by Gasteiger charge is -2.26. The fourth-order valence-corrected chi connectivity index (χ4v) is 4.32. The molecule has 1 aromatic carbocycles. The highest BCUT2D eigenvalue weighted by atomic mass is 19.3. The van der Waals surface area contributed by atoms with E-state index in [0.29, 0.717) is 0 Å². The number of hydrogen-bond donors (Lipinski definition) is 3. The predicted molar refractivity (Wildman–Crippen MR) is 130 cm³/mol. The lowest BCUT2D eigenvalue weighted by Crippen LogP contribution is -2.38. The minimum Gasteiger partial charge on any atom is -0.396 e. The van der Waals surface area contributed by atoms with E-state index in [2.05, 4.69) is 10.6 Å². The van der Waals surface area contributed by atoms with Gasteiger partial charge in [0.2, 0.25) is 0 Å². The largest absolute Gasteiger partial charge is 0.396 e. The number of hydrogen-bond acceptors (Lipinski definition) is 4. The third-order valence-corrected chi connectivity index (χ3v) is 7.23. The van der Waals surface area contributed by atoms with Crippen LogP contribution in [0.2, 0.25) is 0 Å². The third kappa shape index (κ3) is 5.66. The molecule has 0 saturated heterocycles. The summed E-state index contributed by atoms with van der Waals surface area (Å²) >= 11 is 0. The highest BCUT2D eigenvalue weighted by molar-refractivity contribution is 5.99. The number of rotatable bonds is 10. The van der Waals surface area contributed by atoms with Crippen molar-refractivity contribution >= 4 is 11.6 Å². The van der Waals surface area contributed by atoms with Crippen LogP contribution in [0.25, 0.3) is 0 Å². The molecule has 11 heteroatoms. The first-order valence-corrected chi connectivity index (χ1v) is 12.3. The number of nitrogens with one attached hydrogen (secondary N) is 2. The van der Waals surface area contributed by atoms with Crippen LogP contribution < -0.4 is 16.2 Å². The monoisotopic (exact) mass is 529 g/mol. The molecule has 2 fully saturated rings. The van der Waals surface area contributed by atoms with Crippen molar-refractivity contribution in [2.45, 2.75) is 77.4 Å². The summed E-state index contributed by atoms with van der Waals surface area (Å²) in [5, 5.41) is 15.2. The quantitative estimate of drug-likeness (QED) is 0.369. The maximum atomic E-state index is 14.4. The Morgan fingerprint density at radius 3 is 2.30 bits per heavy atom. The molecule has 1 heterocycles. The van der Waals surface area contributed by atoms with Crippen molar-refractivity contribution in [1.29, 1.82) is 0 Å². The van der Waals surface area contributed by atoms with Crippen LogP contribution in [0.5, 0.6) is 0 Å². The molecule has 2 aromatic rings. The number of halogens is 5. The van der Waals surface area contributed by atoms with Gasteiger partial charge in [-0.25, -0.2) is 22.0 Å². The number of amides is 1. The molecule has 0 spiro atoms. The fraction of sp³-hybridized carbons (Fsp3) is 0.538. The van der Waals surface area contributed by atoms with Gasteiger partial charge in [0.1, 0.15) is 11.4 Å². The molecule has 4 rings (SSSR count). The van der Waals surface area contributed by atoms with E-state index in [1.165, 1.54) is 12.1 Å². The van der Waals surface area contributed by atoms with Gasteiger partial charge in [0, 0.05) is 35.8 Å². The minimum atomic E-state index is -3.03. The van der Waals surface area contributed by atoms with Gasteiger partial charge in [0.25, 0.3) is 24.3 Å². The summed E-state index contributed by atoms with van der Waals surface area (Å²) in [4.78, 5) is 25.8. The van der Waals surface area contributed by atoms with Gasteiger partial charge in [-0.05, 0) is 32.6 Å². The van der Waals surface area contributed by atoms with Crippen LogP contribution in [0.4, 0.5) is 27.6 Å². The molecule has 1 amide bonds. The zero-order valence-corrected chi connectivity index (χ0v) is 21.0. The predicted octanol–water partition coefficient (Wildman–Crippen LogP) is 5.21. The normalized spacial score (nSPS) is 17.6. The van der Waals surface area contributed by atoms with Gasteiger partial charge in [-0.15, -0.1) is 0 Å². The zero-order chi connectivity index (χ0) is 27.5. The summed E-state index contributed by atoms with van der Waals surface area (Å²) in [7, 11) is 0. The van der Waals surface area contributed by atoms with Crippen LogP contribution >= 0.6 is 0 Å². The molecule has 204 valence electrons. The number of aliphatic hydroxyl groups excluding tert-OH is 1. The Labute approximate surface area is 211 Å². The summed E-state index contributed by atoms with van der Waals surface area (Å²) in [6.45, 7) is 5.25. The van der Waals surface area contributed by atoms with Crippen molar-refractivity contribution in [2.24, 2.45) is 5.41 Å². The lowest BCUT2D eigenvalue weighted by molar-refractivity contribution is 0.0648. The summed E-state index contributed by atoms with van der Waals surface area (Å²) in [6, 6.07) is 4.17. The van der Waals surface area contributed by atoms with Gasteiger partial charge in [-0.1, -0.05) is 32.0 Å². The molecule has 0 radical (unpaired) electrons. The standard InChI is InChI=1S/C24H26F5N3O3.C2H6/c1-13(23(12-33)5-6-23)31-17-9-18(34)32(24(7-8-24)22(28)29)11-16(17)21(35)30-10-14-3-2-4-15(19(14)25)20(26)27;1-2/h2-4,9,11,13,20,22,31,33H,5-8,10,12H2,1H3,(H,30,35);1-2H3. The van der Waals surface area contributed by atoms with Crippen molar-refractivity contribution < 1.29 is 31.9 Å². The number of carbonyl (C=O) groups is 1. The van der Waals surface area contributed by atoms with Gasteiger partial charge in [-0.2, -0.15) is 0 Å². The molecule has 3 N–H and O–H groups in total. The van der Waals surface area contributed by atoms with E-state index >= 15 is 0 Å². The maximum Gasteiger partial charge on any atom is 0.266 e. The van der Waals surface area contributed by atoms with Crippen LogP contribution in [0.3, 0.4) is 0 Å². The van der Waals surface area contributed by atoms with Crippen LogP contribution in [0.1, 0.15) is 74.4 Å². The number of nitrogens with zero attached hydrogens (tertiary/aromatic N) is 1. The second-order valence-electron chi connectivity index (χ2n) is 9.40. The second-order valence-corrected chi connectivity index (χ2v) is 9.40.